The molecule has 0 saturated heterocycles. The Kier molecular flexibility index (Phi) is 5.07. The molecular formula is C23H25BrN6O2. The van der Waals surface area contributed by atoms with E-state index >= 15 is 0 Å². The van der Waals surface area contributed by atoms with E-state index in [0.29, 0.717) is 23.7 Å². The average Bonchev–Trinajstić information content (AvgIpc) is 3.28. The van der Waals surface area contributed by atoms with Gasteiger partial charge in [0.25, 0.3) is 0 Å². The molecule has 3 heterocycles. The van der Waals surface area contributed by atoms with Crippen LogP contribution in [0.1, 0.15) is 31.4 Å². The molecule has 8 nitrogen and oxygen atoms in total. The largest absolute Gasteiger partial charge is 0.388 e. The van der Waals surface area contributed by atoms with E-state index in [4.69, 9.17) is 11.5 Å². The zero-order valence-electron chi connectivity index (χ0n) is 17.6. The third-order valence-electron chi connectivity index (χ3n) is 6.86. The lowest BCUT2D eigenvalue weighted by Crippen LogP contribution is -2.42. The van der Waals surface area contributed by atoms with Gasteiger partial charge in [0.2, 0.25) is 0 Å². The first-order valence-electron chi connectivity index (χ1n) is 10.6. The number of aliphatic hydroxyl groups is 2. The number of pyridine rings is 1. The molecule has 5 rings (SSSR count). The fraction of sp³-hybridized carbons (Fsp3) is 0.348. The van der Waals surface area contributed by atoms with Crippen molar-refractivity contribution in [3.05, 3.63) is 52.9 Å². The first-order valence-corrected chi connectivity index (χ1v) is 11.4. The van der Waals surface area contributed by atoms with Gasteiger partial charge in [-0.1, -0.05) is 12.1 Å². The zero-order valence-corrected chi connectivity index (χ0v) is 19.2. The van der Waals surface area contributed by atoms with Crippen LogP contribution in [-0.2, 0) is 6.42 Å². The molecule has 4 atom stereocenters. The summed E-state index contributed by atoms with van der Waals surface area (Å²) in [6, 6.07) is 9.66. The minimum absolute atomic E-state index is 0.0854. The van der Waals surface area contributed by atoms with Crippen molar-refractivity contribution < 1.29 is 10.2 Å². The van der Waals surface area contributed by atoms with Crippen molar-refractivity contribution in [3.8, 4) is 0 Å². The highest BCUT2D eigenvalue weighted by molar-refractivity contribution is 9.10. The minimum Gasteiger partial charge on any atom is -0.388 e. The molecule has 1 saturated carbocycles. The molecule has 166 valence electrons. The van der Waals surface area contributed by atoms with Crippen molar-refractivity contribution in [2.24, 2.45) is 5.92 Å². The quantitative estimate of drug-likeness (QED) is 0.340. The van der Waals surface area contributed by atoms with Crippen LogP contribution < -0.4 is 11.5 Å². The summed E-state index contributed by atoms with van der Waals surface area (Å²) in [5.41, 5.74) is 13.3. The van der Waals surface area contributed by atoms with Gasteiger partial charge >= 0.3 is 0 Å². The number of rotatable bonds is 4. The monoisotopic (exact) mass is 496 g/mol. The van der Waals surface area contributed by atoms with Crippen LogP contribution in [0.15, 0.2) is 47.3 Å². The Balaban J connectivity index is 1.38. The summed E-state index contributed by atoms with van der Waals surface area (Å²) in [7, 11) is 0. The van der Waals surface area contributed by atoms with Gasteiger partial charge in [-0.15, -0.1) is 0 Å². The highest BCUT2D eigenvalue weighted by atomic mass is 79.9. The van der Waals surface area contributed by atoms with Crippen LogP contribution in [0.25, 0.3) is 21.9 Å². The number of aliphatic hydroxyl groups excluding tert-OH is 1. The Morgan fingerprint density at radius 3 is 2.81 bits per heavy atom. The molecule has 4 aromatic rings. The summed E-state index contributed by atoms with van der Waals surface area (Å²) < 4.78 is 2.69. The zero-order chi connectivity index (χ0) is 22.6. The van der Waals surface area contributed by atoms with Crippen molar-refractivity contribution in [3.63, 3.8) is 0 Å². The standard InChI is InChI=1S/C23H25BrN6O2/c1-23(32)14(5-3-12-2-4-13-9-16(24)21(26)29-17(13)8-12)10-18(19(23)31)30-7-6-15-20(25)27-11-28-22(15)30/h2,4,6-9,11,14,18-19,31-32H,3,5,10H2,1H3,(H2,26,29)(H2,25,27,28)/t14-,18+,19-,23+/m0/s1. The van der Waals surface area contributed by atoms with Gasteiger partial charge in [-0.2, -0.15) is 0 Å². The maximum absolute atomic E-state index is 11.2. The Morgan fingerprint density at radius 1 is 1.19 bits per heavy atom. The molecule has 1 fully saturated rings. The topological polar surface area (TPSA) is 136 Å². The second-order valence-corrected chi connectivity index (χ2v) is 9.67. The predicted molar refractivity (Wildman–Crippen MR) is 128 cm³/mol. The molecule has 6 N–H and O–H groups in total. The summed E-state index contributed by atoms with van der Waals surface area (Å²) in [6.45, 7) is 1.72. The van der Waals surface area contributed by atoms with Crippen LogP contribution >= 0.6 is 15.9 Å². The number of nitrogens with zero attached hydrogens (tertiary/aromatic N) is 4. The van der Waals surface area contributed by atoms with E-state index in [2.05, 4.69) is 36.9 Å². The van der Waals surface area contributed by atoms with Gasteiger partial charge in [0.1, 0.15) is 29.7 Å². The number of anilines is 2. The van der Waals surface area contributed by atoms with Gasteiger partial charge in [0.05, 0.1) is 27.0 Å². The molecule has 0 bridgehead atoms. The van der Waals surface area contributed by atoms with Gasteiger partial charge in [0.15, 0.2) is 0 Å². The lowest BCUT2D eigenvalue weighted by Gasteiger charge is -2.29. The van der Waals surface area contributed by atoms with E-state index in [1.807, 2.05) is 35.0 Å². The van der Waals surface area contributed by atoms with Gasteiger partial charge in [0, 0.05) is 11.6 Å². The fourth-order valence-corrected chi connectivity index (χ4v) is 5.26. The van der Waals surface area contributed by atoms with Crippen LogP contribution in [0, 0.1) is 5.92 Å². The summed E-state index contributed by atoms with van der Waals surface area (Å²) in [5.74, 6) is 0.780. The number of hydrogen-bond donors (Lipinski definition) is 4. The number of aryl methyl sites for hydroxylation is 1. The molecule has 0 unspecified atom stereocenters. The van der Waals surface area contributed by atoms with Crippen LogP contribution in [0.3, 0.4) is 0 Å². The van der Waals surface area contributed by atoms with Gasteiger partial charge in [-0.25, -0.2) is 15.0 Å². The number of aromatic nitrogens is 4. The molecule has 9 heteroatoms. The number of nitrogens with two attached hydrogens (primary N) is 2. The second kappa shape index (κ2) is 7.68. The molecule has 1 aromatic carbocycles. The maximum Gasteiger partial charge on any atom is 0.145 e. The summed E-state index contributed by atoms with van der Waals surface area (Å²) in [4.78, 5) is 12.8. The van der Waals surface area contributed by atoms with Crippen molar-refractivity contribution in [1.29, 1.82) is 0 Å². The first-order chi connectivity index (χ1) is 15.3. The summed E-state index contributed by atoms with van der Waals surface area (Å²) >= 11 is 3.41. The summed E-state index contributed by atoms with van der Waals surface area (Å²) in [5, 5.41) is 23.9. The molecule has 0 spiro atoms. The van der Waals surface area contributed by atoms with Crippen molar-refractivity contribution in [2.75, 3.05) is 11.5 Å². The first kappa shape index (κ1) is 21.1. The highest BCUT2D eigenvalue weighted by Crippen LogP contribution is 2.45. The molecule has 0 radical (unpaired) electrons. The lowest BCUT2D eigenvalue weighted by molar-refractivity contribution is -0.0763. The predicted octanol–water partition coefficient (Wildman–Crippen LogP) is 3.21. The number of fused-ring (bicyclic) bond motifs is 2. The molecule has 0 amide bonds. The third-order valence-corrected chi connectivity index (χ3v) is 7.49. The molecule has 0 aliphatic heterocycles. The molecule has 32 heavy (non-hydrogen) atoms. The van der Waals surface area contributed by atoms with Crippen LogP contribution in [0.5, 0.6) is 0 Å². The van der Waals surface area contributed by atoms with Crippen molar-refractivity contribution in [2.45, 2.75) is 43.9 Å². The van der Waals surface area contributed by atoms with E-state index in [-0.39, 0.29) is 12.0 Å². The van der Waals surface area contributed by atoms with Gasteiger partial charge in [-0.3, -0.25) is 0 Å². The number of benzene rings is 1. The van der Waals surface area contributed by atoms with Crippen LogP contribution in [-0.4, -0.2) is 41.4 Å². The Morgan fingerprint density at radius 2 is 2.00 bits per heavy atom. The van der Waals surface area contributed by atoms with E-state index in [0.717, 1.165) is 39.2 Å². The third kappa shape index (κ3) is 3.41. The summed E-state index contributed by atoms with van der Waals surface area (Å²) in [6.07, 6.45) is 4.48. The molecule has 1 aliphatic rings. The second-order valence-electron chi connectivity index (χ2n) is 8.81. The Bertz CT molecular complexity index is 1320. The highest BCUT2D eigenvalue weighted by Gasteiger charge is 2.51. The van der Waals surface area contributed by atoms with Crippen molar-refractivity contribution in [1.82, 2.24) is 19.5 Å². The smallest absolute Gasteiger partial charge is 0.145 e. The Hall–Kier alpha value is -2.75. The minimum atomic E-state index is -1.22. The Labute approximate surface area is 193 Å². The van der Waals surface area contributed by atoms with E-state index in [9.17, 15) is 10.2 Å². The van der Waals surface area contributed by atoms with E-state index < -0.39 is 11.7 Å². The SMILES string of the molecule is C[C@@]1(O)[C@@H](CCc2ccc3cc(Br)c(N)nc3c2)C[C@@H](n2ccc3c(N)ncnc32)[C@@H]1O. The number of nitrogen functional groups attached to an aromatic ring is 2. The van der Waals surface area contributed by atoms with Crippen LogP contribution in [0.2, 0.25) is 0 Å². The maximum atomic E-state index is 11.2. The lowest BCUT2D eigenvalue weighted by atomic mass is 9.86. The molecular weight excluding hydrogens is 472 g/mol. The van der Waals surface area contributed by atoms with E-state index in [1.165, 1.54) is 6.33 Å². The van der Waals surface area contributed by atoms with Gasteiger partial charge in [-0.05, 0) is 71.8 Å². The molecule has 3 aromatic heterocycles. The van der Waals surface area contributed by atoms with Gasteiger partial charge < -0.3 is 26.2 Å². The molecule has 1 aliphatic carbocycles. The number of halogens is 1. The van der Waals surface area contributed by atoms with Crippen molar-refractivity contribution >= 4 is 49.5 Å². The number of hydrogen-bond acceptors (Lipinski definition) is 7. The average molecular weight is 497 g/mol. The van der Waals surface area contributed by atoms with E-state index in [1.54, 1.807) is 6.92 Å². The normalized spacial score (nSPS) is 25.7. The fourth-order valence-electron chi connectivity index (χ4n) is 4.92. The van der Waals surface area contributed by atoms with Crippen LogP contribution in [0.4, 0.5) is 11.6 Å².